The molecule has 3 nitrogen and oxygen atoms in total. The van der Waals surface area contributed by atoms with Crippen LogP contribution in [0.5, 0.6) is 0 Å². The van der Waals surface area contributed by atoms with Gasteiger partial charge in [0.25, 0.3) is 0 Å². The first-order chi connectivity index (χ1) is 7.66. The Balaban J connectivity index is 2.34. The third kappa shape index (κ3) is 2.33. The van der Waals surface area contributed by atoms with Crippen molar-refractivity contribution >= 4 is 17.1 Å². The molecule has 0 aliphatic rings. The first kappa shape index (κ1) is 11.0. The number of ketones is 1. The van der Waals surface area contributed by atoms with Gasteiger partial charge in [0.05, 0.1) is 5.69 Å². The number of nitrogens with zero attached hydrogens (tertiary/aromatic N) is 2. The van der Waals surface area contributed by atoms with Crippen LogP contribution in [0.2, 0.25) is 0 Å². The fraction of sp³-hybridized carbons (Fsp3) is 0.250. The lowest BCUT2D eigenvalue weighted by Crippen LogP contribution is -1.94. The molecule has 0 aliphatic carbocycles. The Bertz CT molecular complexity index is 505. The Labute approximate surface area is 98.2 Å². The van der Waals surface area contributed by atoms with Gasteiger partial charge in [0.15, 0.2) is 0 Å². The van der Waals surface area contributed by atoms with Gasteiger partial charge in [-0.3, -0.25) is 9.78 Å². The van der Waals surface area contributed by atoms with Crippen LogP contribution in [-0.2, 0) is 11.2 Å². The maximum Gasteiger partial charge on any atom is 0.135 e. The summed E-state index contributed by atoms with van der Waals surface area (Å²) in [5.74, 6) is 0.171. The summed E-state index contributed by atoms with van der Waals surface area (Å²) in [4.78, 5) is 20.6. The Hall–Kier alpha value is -1.55. The smallest absolute Gasteiger partial charge is 0.135 e. The molecule has 16 heavy (non-hydrogen) atoms. The van der Waals surface area contributed by atoms with Crippen LogP contribution in [0.25, 0.3) is 10.6 Å². The van der Waals surface area contributed by atoms with Gasteiger partial charge in [-0.1, -0.05) is 0 Å². The van der Waals surface area contributed by atoms with Gasteiger partial charge < -0.3 is 0 Å². The predicted molar refractivity (Wildman–Crippen MR) is 64.5 cm³/mol. The Kier molecular flexibility index (Phi) is 3.10. The summed E-state index contributed by atoms with van der Waals surface area (Å²) in [6.07, 6.45) is 4.00. The third-order valence-corrected chi connectivity index (χ3v) is 3.42. The Morgan fingerprint density at radius 1 is 1.50 bits per heavy atom. The van der Waals surface area contributed by atoms with E-state index in [1.54, 1.807) is 30.7 Å². The van der Waals surface area contributed by atoms with Crippen molar-refractivity contribution in [1.82, 2.24) is 9.97 Å². The van der Waals surface area contributed by atoms with Crippen LogP contribution in [0.4, 0.5) is 0 Å². The number of carbonyl (C=O) groups is 1. The number of pyridine rings is 1. The number of rotatable bonds is 3. The molecule has 0 radical (unpaired) electrons. The maximum absolute atomic E-state index is 11.1. The number of thiazole rings is 1. The zero-order chi connectivity index (χ0) is 11.5. The Morgan fingerprint density at radius 3 is 2.94 bits per heavy atom. The van der Waals surface area contributed by atoms with Crippen molar-refractivity contribution in [2.45, 2.75) is 20.3 Å². The van der Waals surface area contributed by atoms with Gasteiger partial charge >= 0.3 is 0 Å². The van der Waals surface area contributed by atoms with Gasteiger partial charge in [0, 0.05) is 29.3 Å². The van der Waals surface area contributed by atoms with E-state index in [9.17, 15) is 4.79 Å². The molecule has 0 bridgehead atoms. The summed E-state index contributed by atoms with van der Waals surface area (Å²) in [6.45, 7) is 3.54. The second-order valence-electron chi connectivity index (χ2n) is 3.65. The SMILES string of the molecule is CC(=O)Cc1sc(-c2cccnc2)nc1C. The van der Waals surface area contributed by atoms with Gasteiger partial charge in [0.2, 0.25) is 0 Å². The minimum atomic E-state index is 0.171. The number of aryl methyl sites for hydroxylation is 1. The number of Topliss-reactive ketones (excluding diaryl/α,β-unsaturated/α-hetero) is 1. The normalized spacial score (nSPS) is 10.4. The Morgan fingerprint density at radius 2 is 2.31 bits per heavy atom. The highest BCUT2D eigenvalue weighted by molar-refractivity contribution is 7.15. The molecule has 0 unspecified atom stereocenters. The summed E-state index contributed by atoms with van der Waals surface area (Å²) in [7, 11) is 0. The molecule has 0 fully saturated rings. The highest BCUT2D eigenvalue weighted by atomic mass is 32.1. The van der Waals surface area contributed by atoms with Crippen molar-refractivity contribution in [3.63, 3.8) is 0 Å². The fourth-order valence-corrected chi connectivity index (χ4v) is 2.55. The fourth-order valence-electron chi connectivity index (χ4n) is 1.43. The minimum Gasteiger partial charge on any atom is -0.300 e. The molecular weight excluding hydrogens is 220 g/mol. The van der Waals surface area contributed by atoms with Gasteiger partial charge in [-0.25, -0.2) is 4.98 Å². The summed E-state index contributed by atoms with van der Waals surface area (Å²) >= 11 is 1.57. The molecule has 4 heteroatoms. The highest BCUT2D eigenvalue weighted by Crippen LogP contribution is 2.27. The third-order valence-electron chi connectivity index (χ3n) is 2.21. The monoisotopic (exact) mass is 232 g/mol. The molecule has 2 heterocycles. The lowest BCUT2D eigenvalue weighted by Gasteiger charge is -1.92. The molecule has 2 aromatic heterocycles. The number of carbonyl (C=O) groups excluding carboxylic acids is 1. The van der Waals surface area contributed by atoms with Crippen molar-refractivity contribution in [3.8, 4) is 10.6 Å². The lowest BCUT2D eigenvalue weighted by molar-refractivity contribution is -0.116. The predicted octanol–water partition coefficient (Wildman–Crippen LogP) is 2.65. The van der Waals surface area contributed by atoms with E-state index in [-0.39, 0.29) is 5.78 Å². The topological polar surface area (TPSA) is 42.9 Å². The maximum atomic E-state index is 11.1. The van der Waals surface area contributed by atoms with Crippen molar-refractivity contribution in [2.24, 2.45) is 0 Å². The number of aromatic nitrogens is 2. The zero-order valence-electron chi connectivity index (χ0n) is 9.23. The number of hydrogen-bond donors (Lipinski definition) is 0. The van der Waals surface area contributed by atoms with Crippen molar-refractivity contribution in [3.05, 3.63) is 35.1 Å². The van der Waals surface area contributed by atoms with E-state index in [0.29, 0.717) is 6.42 Å². The molecule has 0 saturated heterocycles. The molecule has 0 saturated carbocycles. The zero-order valence-corrected chi connectivity index (χ0v) is 10.0. The van der Waals surface area contributed by atoms with E-state index in [4.69, 9.17) is 0 Å². The molecule has 0 atom stereocenters. The van der Waals surface area contributed by atoms with E-state index < -0.39 is 0 Å². The summed E-state index contributed by atoms with van der Waals surface area (Å²) in [5, 5.41) is 0.932. The van der Waals surface area contributed by atoms with Crippen LogP contribution < -0.4 is 0 Å². The second-order valence-corrected chi connectivity index (χ2v) is 4.73. The first-order valence-corrected chi connectivity index (χ1v) is 5.84. The van der Waals surface area contributed by atoms with Crippen LogP contribution in [0, 0.1) is 6.92 Å². The average molecular weight is 232 g/mol. The molecule has 0 spiro atoms. The molecule has 2 rings (SSSR count). The van der Waals surface area contributed by atoms with Crippen LogP contribution in [-0.4, -0.2) is 15.8 Å². The van der Waals surface area contributed by atoms with Crippen LogP contribution >= 0.6 is 11.3 Å². The second kappa shape index (κ2) is 4.53. The summed E-state index contributed by atoms with van der Waals surface area (Å²) < 4.78 is 0. The largest absolute Gasteiger partial charge is 0.300 e. The molecular formula is C12H12N2OS. The molecule has 0 amide bonds. The van der Waals surface area contributed by atoms with E-state index in [1.165, 1.54) is 0 Å². The van der Waals surface area contributed by atoms with Crippen molar-refractivity contribution in [1.29, 1.82) is 0 Å². The molecule has 2 aromatic rings. The minimum absolute atomic E-state index is 0.171. The van der Waals surface area contributed by atoms with Crippen molar-refractivity contribution in [2.75, 3.05) is 0 Å². The highest BCUT2D eigenvalue weighted by Gasteiger charge is 2.10. The average Bonchev–Trinajstić information content (AvgIpc) is 2.61. The lowest BCUT2D eigenvalue weighted by atomic mass is 10.2. The molecule has 0 N–H and O–H groups in total. The van der Waals surface area contributed by atoms with Gasteiger partial charge in [0.1, 0.15) is 10.8 Å². The summed E-state index contributed by atoms with van der Waals surface area (Å²) in [5.41, 5.74) is 1.95. The van der Waals surface area contributed by atoms with Gasteiger partial charge in [-0.2, -0.15) is 0 Å². The van der Waals surface area contributed by atoms with Gasteiger partial charge in [-0.05, 0) is 26.0 Å². The van der Waals surface area contributed by atoms with Crippen LogP contribution in [0.15, 0.2) is 24.5 Å². The summed E-state index contributed by atoms with van der Waals surface area (Å²) in [6, 6.07) is 3.86. The van der Waals surface area contributed by atoms with Crippen LogP contribution in [0.1, 0.15) is 17.5 Å². The van der Waals surface area contributed by atoms with Crippen molar-refractivity contribution < 1.29 is 4.79 Å². The molecule has 0 aromatic carbocycles. The standard InChI is InChI=1S/C12H12N2OS/c1-8(15)6-11-9(2)14-12(16-11)10-4-3-5-13-7-10/h3-5,7H,6H2,1-2H3. The van der Waals surface area contributed by atoms with E-state index in [1.807, 2.05) is 19.1 Å². The van der Waals surface area contributed by atoms with Gasteiger partial charge in [-0.15, -0.1) is 11.3 Å². The van der Waals surface area contributed by atoms with Crippen LogP contribution in [0.3, 0.4) is 0 Å². The quantitative estimate of drug-likeness (QED) is 0.817. The number of hydrogen-bond acceptors (Lipinski definition) is 4. The van der Waals surface area contributed by atoms with E-state index in [2.05, 4.69) is 9.97 Å². The van der Waals surface area contributed by atoms with E-state index in [0.717, 1.165) is 21.1 Å². The molecule has 82 valence electrons. The first-order valence-electron chi connectivity index (χ1n) is 5.03. The molecule has 0 aliphatic heterocycles. The van der Waals surface area contributed by atoms with E-state index >= 15 is 0 Å².